The Hall–Kier alpha value is -4.84. The van der Waals surface area contributed by atoms with Crippen molar-refractivity contribution in [2.75, 3.05) is 36.8 Å². The Balaban J connectivity index is 0.00000620. The van der Waals surface area contributed by atoms with Gasteiger partial charge in [-0.05, 0) is 136 Å². The van der Waals surface area contributed by atoms with Crippen LogP contribution in [0.3, 0.4) is 0 Å². The topological polar surface area (TPSA) is 139 Å². The van der Waals surface area contributed by atoms with Crippen LogP contribution in [0, 0.1) is 5.92 Å². The van der Waals surface area contributed by atoms with Gasteiger partial charge in [0.05, 0.1) is 17.0 Å². The number of rotatable bonds is 17. The van der Waals surface area contributed by atoms with Crippen LogP contribution in [0.5, 0.6) is 0 Å². The number of fused-ring (bicyclic) bond motifs is 1. The summed E-state index contributed by atoms with van der Waals surface area (Å²) in [5.74, 6) is -2.33. The van der Waals surface area contributed by atoms with Crippen molar-refractivity contribution in [2.45, 2.75) is 98.1 Å². The molecular weight excluding hydrogens is 737 g/mol. The van der Waals surface area contributed by atoms with Gasteiger partial charge in [-0.25, -0.2) is 4.79 Å². The summed E-state index contributed by atoms with van der Waals surface area (Å²) in [6.45, 7) is 8.48. The van der Waals surface area contributed by atoms with E-state index in [-0.39, 0.29) is 30.7 Å². The number of hydrogen-bond donors (Lipinski definition) is 4. The Bertz CT molecular complexity index is 1980. The zero-order valence-electron chi connectivity index (χ0n) is 32.5. The lowest BCUT2D eigenvalue weighted by atomic mass is 9.95. The van der Waals surface area contributed by atoms with E-state index in [9.17, 15) is 24.3 Å². The van der Waals surface area contributed by atoms with Crippen LogP contribution in [-0.4, -0.2) is 76.0 Å². The van der Waals surface area contributed by atoms with Gasteiger partial charge < -0.3 is 25.7 Å². The highest BCUT2D eigenvalue weighted by Crippen LogP contribution is 2.39. The SMILES string of the molecule is C.CCC(CC)N(CCN1CCC(C(=O)O)CC1)Cc1cccc(C(=O)Nc2sc3c(c2C(=O)Nc2ccc(CCc4ccc(C(=O)O)cc4)cc2)CCCC3)c1. The number of aryl methyl sites for hydroxylation is 3. The first-order chi connectivity index (χ1) is 27.1. The van der Waals surface area contributed by atoms with Gasteiger partial charge in [-0.2, -0.15) is 0 Å². The molecule has 4 aromatic rings. The van der Waals surface area contributed by atoms with E-state index in [0.717, 1.165) is 105 Å². The van der Waals surface area contributed by atoms with Crippen LogP contribution in [0.4, 0.5) is 10.7 Å². The number of amides is 2. The normalized spacial score (nSPS) is 14.5. The molecule has 2 aliphatic rings. The fraction of sp³-hybridized carbons (Fsp3) is 0.435. The van der Waals surface area contributed by atoms with Crippen molar-refractivity contribution in [3.63, 3.8) is 0 Å². The zero-order valence-corrected chi connectivity index (χ0v) is 33.3. The fourth-order valence-electron chi connectivity index (χ4n) is 8.04. The summed E-state index contributed by atoms with van der Waals surface area (Å²) in [6, 6.07) is 22.9. The number of anilines is 2. The van der Waals surface area contributed by atoms with E-state index in [2.05, 4.69) is 40.3 Å². The van der Waals surface area contributed by atoms with Gasteiger partial charge in [0, 0.05) is 41.8 Å². The largest absolute Gasteiger partial charge is 0.481 e. The molecule has 1 aromatic heterocycles. The van der Waals surface area contributed by atoms with E-state index < -0.39 is 11.9 Å². The third kappa shape index (κ3) is 11.4. The predicted molar refractivity (Wildman–Crippen MR) is 229 cm³/mol. The average molecular weight is 795 g/mol. The first-order valence-electron chi connectivity index (χ1n) is 20.1. The molecule has 0 unspecified atom stereocenters. The van der Waals surface area contributed by atoms with Crippen LogP contribution < -0.4 is 10.6 Å². The standard InChI is InChI=1S/C45H54N4O6S.CH4/c1-3-37(4-2)49(27-26-48-24-22-34(23-25-48)45(54)55)29-32-8-7-9-35(28-32)41(50)47-43-40(38-10-5-6-11-39(38)56-43)42(51)46-36-20-16-31(17-21-36)13-12-30-14-18-33(19-15-30)44(52)53;/h7-9,14-21,28,34,37H,3-6,10-13,22-27,29H2,1-2H3,(H,46,51)(H,47,50)(H,52,53)(H,54,55);1H4. The van der Waals surface area contributed by atoms with E-state index in [1.807, 2.05) is 54.6 Å². The third-order valence-corrected chi connectivity index (χ3v) is 12.6. The van der Waals surface area contributed by atoms with E-state index in [0.29, 0.717) is 47.2 Å². The maximum Gasteiger partial charge on any atom is 0.335 e. The summed E-state index contributed by atoms with van der Waals surface area (Å²) in [6.07, 6.45) is 8.72. The van der Waals surface area contributed by atoms with E-state index in [1.165, 1.54) is 11.3 Å². The van der Waals surface area contributed by atoms with Gasteiger partial charge >= 0.3 is 11.9 Å². The van der Waals surface area contributed by atoms with Gasteiger partial charge in [-0.1, -0.05) is 57.7 Å². The highest BCUT2D eigenvalue weighted by Gasteiger charge is 2.28. The Morgan fingerprint density at radius 2 is 1.46 bits per heavy atom. The second kappa shape index (κ2) is 20.5. The van der Waals surface area contributed by atoms with Gasteiger partial charge in [-0.15, -0.1) is 11.3 Å². The van der Waals surface area contributed by atoms with Gasteiger partial charge in [-0.3, -0.25) is 19.3 Å². The summed E-state index contributed by atoms with van der Waals surface area (Å²) < 4.78 is 0. The van der Waals surface area contributed by atoms with Crippen molar-refractivity contribution < 1.29 is 29.4 Å². The molecule has 304 valence electrons. The molecule has 0 saturated carbocycles. The average Bonchev–Trinajstić information content (AvgIpc) is 3.58. The van der Waals surface area contributed by atoms with Crippen LogP contribution in [-0.2, 0) is 37.0 Å². The van der Waals surface area contributed by atoms with Crippen LogP contribution in [0.2, 0.25) is 0 Å². The molecule has 1 aliphatic carbocycles. The van der Waals surface area contributed by atoms with E-state index in [1.54, 1.807) is 12.1 Å². The zero-order chi connectivity index (χ0) is 39.6. The highest BCUT2D eigenvalue weighted by atomic mass is 32.1. The summed E-state index contributed by atoms with van der Waals surface area (Å²) >= 11 is 1.51. The molecule has 1 fully saturated rings. The molecule has 0 radical (unpaired) electrons. The maximum atomic E-state index is 13.9. The Morgan fingerprint density at radius 1 is 0.807 bits per heavy atom. The molecule has 11 heteroatoms. The van der Waals surface area contributed by atoms with Crippen molar-refractivity contribution in [3.8, 4) is 0 Å². The van der Waals surface area contributed by atoms with Crippen molar-refractivity contribution in [1.82, 2.24) is 9.80 Å². The number of nitrogens with one attached hydrogen (secondary N) is 2. The number of carbonyl (C=O) groups is 4. The predicted octanol–water partition coefficient (Wildman–Crippen LogP) is 9.04. The minimum Gasteiger partial charge on any atom is -0.481 e. The second-order valence-electron chi connectivity index (χ2n) is 15.1. The molecule has 6 rings (SSSR count). The number of nitrogens with zero attached hydrogens (tertiary/aromatic N) is 2. The number of aromatic carboxylic acids is 1. The number of benzene rings is 3. The molecule has 2 amide bonds. The number of piperidine rings is 1. The minimum absolute atomic E-state index is 0. The van der Waals surface area contributed by atoms with Crippen molar-refractivity contribution in [2.24, 2.45) is 5.92 Å². The highest BCUT2D eigenvalue weighted by molar-refractivity contribution is 7.17. The summed E-state index contributed by atoms with van der Waals surface area (Å²) in [5, 5.41) is 25.3. The molecule has 0 atom stereocenters. The molecule has 57 heavy (non-hydrogen) atoms. The smallest absolute Gasteiger partial charge is 0.335 e. The van der Waals surface area contributed by atoms with Crippen molar-refractivity contribution in [3.05, 3.63) is 117 Å². The van der Waals surface area contributed by atoms with Gasteiger partial charge in [0.1, 0.15) is 5.00 Å². The monoisotopic (exact) mass is 794 g/mol. The third-order valence-electron chi connectivity index (χ3n) is 11.4. The van der Waals surface area contributed by atoms with E-state index >= 15 is 0 Å². The lowest BCUT2D eigenvalue weighted by Crippen LogP contribution is -2.43. The van der Waals surface area contributed by atoms with Gasteiger partial charge in [0.25, 0.3) is 11.8 Å². The number of carbonyl (C=O) groups excluding carboxylic acids is 2. The number of hydrogen-bond acceptors (Lipinski definition) is 7. The summed E-state index contributed by atoms with van der Waals surface area (Å²) in [7, 11) is 0. The van der Waals surface area contributed by atoms with Crippen LogP contribution in [0.15, 0.2) is 72.8 Å². The van der Waals surface area contributed by atoms with Crippen molar-refractivity contribution in [1.29, 1.82) is 0 Å². The molecule has 0 spiro atoms. The number of carboxylic acid groups (broad SMARTS) is 2. The van der Waals surface area contributed by atoms with E-state index in [4.69, 9.17) is 5.11 Å². The van der Waals surface area contributed by atoms with Crippen molar-refractivity contribution >= 4 is 45.8 Å². The molecule has 10 nitrogen and oxygen atoms in total. The quantitative estimate of drug-likeness (QED) is 0.0831. The second-order valence-corrected chi connectivity index (χ2v) is 16.2. The Labute approximate surface area is 341 Å². The minimum atomic E-state index is -0.937. The Kier molecular flexibility index (Phi) is 15.6. The van der Waals surface area contributed by atoms with Crippen LogP contribution in [0.25, 0.3) is 0 Å². The van der Waals surface area contributed by atoms with Crippen LogP contribution in [0.1, 0.15) is 118 Å². The number of thiophene rings is 1. The fourth-order valence-corrected chi connectivity index (χ4v) is 9.32. The first-order valence-corrected chi connectivity index (χ1v) is 20.9. The number of aliphatic carboxylic acids is 1. The summed E-state index contributed by atoms with van der Waals surface area (Å²) in [5.41, 5.74) is 6.30. The van der Waals surface area contributed by atoms with Gasteiger partial charge in [0.2, 0.25) is 0 Å². The Morgan fingerprint density at radius 3 is 2.09 bits per heavy atom. The summed E-state index contributed by atoms with van der Waals surface area (Å²) in [4.78, 5) is 56.4. The molecule has 1 aliphatic heterocycles. The lowest BCUT2D eigenvalue weighted by Gasteiger charge is -2.35. The lowest BCUT2D eigenvalue weighted by molar-refractivity contribution is -0.143. The van der Waals surface area contributed by atoms with Crippen LogP contribution >= 0.6 is 11.3 Å². The molecular formula is C46H58N4O6S. The molecule has 1 saturated heterocycles. The maximum absolute atomic E-state index is 13.9. The van der Waals surface area contributed by atoms with Gasteiger partial charge in [0.15, 0.2) is 0 Å². The molecule has 3 aromatic carbocycles. The number of likely N-dealkylation sites (tertiary alicyclic amines) is 1. The molecule has 0 bridgehead atoms. The molecule has 4 N–H and O–H groups in total. The molecule has 2 heterocycles. The number of carboxylic acids is 2. The first kappa shape index (κ1) is 43.3.